The SMILES string of the molecule is CCc1ccc(C(CN2CCC(O)CC2)N2CCNCC2CC)cc1. The Kier molecular flexibility index (Phi) is 6.88. The number of nitrogens with zero attached hydrogens (tertiary/aromatic N) is 2. The Morgan fingerprint density at radius 3 is 2.48 bits per heavy atom. The minimum absolute atomic E-state index is 0.0962. The first-order valence-corrected chi connectivity index (χ1v) is 10.2. The fourth-order valence-electron chi connectivity index (χ4n) is 4.29. The Morgan fingerprint density at radius 2 is 1.84 bits per heavy atom. The lowest BCUT2D eigenvalue weighted by atomic mass is 9.97. The van der Waals surface area contributed by atoms with Crippen LogP contribution in [-0.2, 0) is 6.42 Å². The lowest BCUT2D eigenvalue weighted by Crippen LogP contribution is -2.54. The number of aliphatic hydroxyl groups is 1. The quantitative estimate of drug-likeness (QED) is 0.831. The molecule has 0 aromatic heterocycles. The molecule has 0 spiro atoms. The molecule has 0 aliphatic carbocycles. The van der Waals surface area contributed by atoms with E-state index in [1.165, 1.54) is 17.5 Å². The van der Waals surface area contributed by atoms with E-state index in [4.69, 9.17) is 0 Å². The predicted octanol–water partition coefficient (Wildman–Crippen LogP) is 2.43. The first-order chi connectivity index (χ1) is 12.2. The van der Waals surface area contributed by atoms with Gasteiger partial charge < -0.3 is 15.3 Å². The predicted molar refractivity (Wildman–Crippen MR) is 104 cm³/mol. The van der Waals surface area contributed by atoms with Crippen LogP contribution in [0.2, 0.25) is 0 Å². The average molecular weight is 346 g/mol. The Bertz CT molecular complexity index is 510. The van der Waals surface area contributed by atoms with E-state index >= 15 is 0 Å². The molecule has 0 radical (unpaired) electrons. The van der Waals surface area contributed by atoms with E-state index in [-0.39, 0.29) is 6.10 Å². The zero-order valence-electron chi connectivity index (χ0n) is 16.0. The molecule has 140 valence electrons. The van der Waals surface area contributed by atoms with Crippen molar-refractivity contribution < 1.29 is 5.11 Å². The van der Waals surface area contributed by atoms with Crippen molar-refractivity contribution in [2.75, 3.05) is 39.3 Å². The maximum absolute atomic E-state index is 9.82. The van der Waals surface area contributed by atoms with Gasteiger partial charge in [0.1, 0.15) is 0 Å². The van der Waals surface area contributed by atoms with Crippen molar-refractivity contribution in [2.24, 2.45) is 0 Å². The molecule has 4 heteroatoms. The zero-order valence-corrected chi connectivity index (χ0v) is 16.0. The Balaban J connectivity index is 1.79. The van der Waals surface area contributed by atoms with Gasteiger partial charge in [-0.05, 0) is 36.8 Å². The van der Waals surface area contributed by atoms with E-state index in [2.05, 4.69) is 53.2 Å². The van der Waals surface area contributed by atoms with Crippen LogP contribution in [0.25, 0.3) is 0 Å². The number of nitrogens with one attached hydrogen (secondary N) is 1. The standard InChI is InChI=1S/C21H35N3O/c1-3-17-5-7-18(8-6-17)21(16-23-12-9-20(25)10-13-23)24-14-11-22-15-19(24)4-2/h5-8,19-22,25H,3-4,9-16H2,1-2H3. The molecule has 0 bridgehead atoms. The van der Waals surface area contributed by atoms with E-state index in [1.54, 1.807) is 0 Å². The van der Waals surface area contributed by atoms with Crippen LogP contribution in [0.1, 0.15) is 50.3 Å². The molecule has 2 unspecified atom stereocenters. The summed E-state index contributed by atoms with van der Waals surface area (Å²) in [5.41, 5.74) is 2.86. The highest BCUT2D eigenvalue weighted by Crippen LogP contribution is 2.28. The van der Waals surface area contributed by atoms with Gasteiger partial charge in [-0.25, -0.2) is 0 Å². The summed E-state index contributed by atoms with van der Waals surface area (Å²) in [5, 5.41) is 13.4. The maximum Gasteiger partial charge on any atom is 0.0564 e. The van der Waals surface area contributed by atoms with E-state index in [0.29, 0.717) is 12.1 Å². The first kappa shape index (κ1) is 18.8. The molecule has 2 aliphatic heterocycles. The normalized spacial score (nSPS) is 25.2. The molecule has 0 saturated carbocycles. The molecule has 2 heterocycles. The molecule has 25 heavy (non-hydrogen) atoms. The van der Waals surface area contributed by atoms with Gasteiger partial charge in [0.2, 0.25) is 0 Å². The van der Waals surface area contributed by atoms with Crippen LogP contribution < -0.4 is 5.32 Å². The fourth-order valence-corrected chi connectivity index (χ4v) is 4.29. The number of aryl methyl sites for hydroxylation is 1. The highest BCUT2D eigenvalue weighted by Gasteiger charge is 2.31. The molecule has 2 fully saturated rings. The summed E-state index contributed by atoms with van der Waals surface area (Å²) in [6.45, 7) is 10.9. The van der Waals surface area contributed by atoms with E-state index in [1.807, 2.05) is 0 Å². The van der Waals surface area contributed by atoms with Gasteiger partial charge in [-0.15, -0.1) is 0 Å². The summed E-state index contributed by atoms with van der Waals surface area (Å²) in [6.07, 6.45) is 4.02. The molecule has 0 amide bonds. The van der Waals surface area contributed by atoms with Crippen molar-refractivity contribution in [2.45, 2.75) is 57.7 Å². The number of rotatable bonds is 6. The maximum atomic E-state index is 9.82. The van der Waals surface area contributed by atoms with Crippen LogP contribution >= 0.6 is 0 Å². The second-order valence-corrected chi connectivity index (χ2v) is 7.65. The Hall–Kier alpha value is -0.940. The second kappa shape index (κ2) is 9.13. The lowest BCUT2D eigenvalue weighted by molar-refractivity contribution is 0.0417. The molecule has 2 N–H and O–H groups in total. The second-order valence-electron chi connectivity index (χ2n) is 7.65. The van der Waals surface area contributed by atoms with Crippen molar-refractivity contribution in [3.8, 4) is 0 Å². The summed E-state index contributed by atoms with van der Waals surface area (Å²) in [7, 11) is 0. The van der Waals surface area contributed by atoms with Crippen molar-refractivity contribution in [3.63, 3.8) is 0 Å². The zero-order chi connectivity index (χ0) is 17.6. The number of hydrogen-bond donors (Lipinski definition) is 2. The van der Waals surface area contributed by atoms with Gasteiger partial charge in [0.25, 0.3) is 0 Å². The van der Waals surface area contributed by atoms with Gasteiger partial charge in [0, 0.05) is 51.4 Å². The number of piperidine rings is 1. The van der Waals surface area contributed by atoms with Crippen LogP contribution in [-0.4, -0.2) is 66.3 Å². The van der Waals surface area contributed by atoms with Crippen LogP contribution in [0.4, 0.5) is 0 Å². The van der Waals surface area contributed by atoms with Gasteiger partial charge in [-0.2, -0.15) is 0 Å². The summed E-state index contributed by atoms with van der Waals surface area (Å²) < 4.78 is 0. The summed E-state index contributed by atoms with van der Waals surface area (Å²) >= 11 is 0. The number of piperazine rings is 1. The summed E-state index contributed by atoms with van der Waals surface area (Å²) in [4.78, 5) is 5.28. The summed E-state index contributed by atoms with van der Waals surface area (Å²) in [6, 6.07) is 10.3. The summed E-state index contributed by atoms with van der Waals surface area (Å²) in [5.74, 6) is 0. The molecule has 2 aliphatic rings. The monoisotopic (exact) mass is 345 g/mol. The molecular formula is C21H35N3O. The largest absolute Gasteiger partial charge is 0.393 e. The third-order valence-electron chi connectivity index (χ3n) is 6.03. The minimum atomic E-state index is -0.0962. The van der Waals surface area contributed by atoms with Crippen molar-refractivity contribution in [1.29, 1.82) is 0 Å². The first-order valence-electron chi connectivity index (χ1n) is 10.2. The van der Waals surface area contributed by atoms with Gasteiger partial charge in [0.05, 0.1) is 6.10 Å². The third-order valence-corrected chi connectivity index (χ3v) is 6.03. The highest BCUT2D eigenvalue weighted by molar-refractivity contribution is 5.26. The molecule has 2 atom stereocenters. The van der Waals surface area contributed by atoms with Crippen molar-refractivity contribution in [1.82, 2.24) is 15.1 Å². The molecule has 1 aromatic rings. The smallest absolute Gasteiger partial charge is 0.0564 e. The molecule has 3 rings (SSSR count). The van der Waals surface area contributed by atoms with E-state index in [9.17, 15) is 5.11 Å². The van der Waals surface area contributed by atoms with Crippen LogP contribution in [0.15, 0.2) is 24.3 Å². The number of likely N-dealkylation sites (tertiary alicyclic amines) is 1. The van der Waals surface area contributed by atoms with Crippen molar-refractivity contribution >= 4 is 0 Å². The Morgan fingerprint density at radius 1 is 1.12 bits per heavy atom. The third kappa shape index (κ3) is 4.82. The highest BCUT2D eigenvalue weighted by atomic mass is 16.3. The topological polar surface area (TPSA) is 38.7 Å². The molecular weight excluding hydrogens is 310 g/mol. The van der Waals surface area contributed by atoms with E-state index in [0.717, 1.165) is 58.5 Å². The number of hydrogen-bond acceptors (Lipinski definition) is 4. The minimum Gasteiger partial charge on any atom is -0.393 e. The molecule has 2 saturated heterocycles. The average Bonchev–Trinajstić information content (AvgIpc) is 2.68. The van der Waals surface area contributed by atoms with Gasteiger partial charge >= 0.3 is 0 Å². The number of benzene rings is 1. The van der Waals surface area contributed by atoms with Crippen molar-refractivity contribution in [3.05, 3.63) is 35.4 Å². The Labute approximate surface area is 153 Å². The fraction of sp³-hybridized carbons (Fsp3) is 0.714. The molecule has 4 nitrogen and oxygen atoms in total. The van der Waals surface area contributed by atoms with Crippen LogP contribution in [0.5, 0.6) is 0 Å². The van der Waals surface area contributed by atoms with Gasteiger partial charge in [-0.3, -0.25) is 4.90 Å². The van der Waals surface area contributed by atoms with E-state index < -0.39 is 0 Å². The number of aliphatic hydroxyl groups excluding tert-OH is 1. The van der Waals surface area contributed by atoms with Gasteiger partial charge in [0.15, 0.2) is 0 Å². The van der Waals surface area contributed by atoms with Crippen LogP contribution in [0, 0.1) is 0 Å². The van der Waals surface area contributed by atoms with Gasteiger partial charge in [-0.1, -0.05) is 38.1 Å². The lowest BCUT2D eigenvalue weighted by Gasteiger charge is -2.44. The molecule has 1 aromatic carbocycles. The van der Waals surface area contributed by atoms with Crippen LogP contribution in [0.3, 0.4) is 0 Å².